The summed E-state index contributed by atoms with van der Waals surface area (Å²) in [6.45, 7) is 0.139. The Labute approximate surface area is 300 Å². The first-order valence-electron chi connectivity index (χ1n) is 17.7. The Morgan fingerprint density at radius 3 is 2.37 bits per heavy atom. The van der Waals surface area contributed by atoms with Crippen molar-refractivity contribution in [2.75, 3.05) is 20.2 Å². The van der Waals surface area contributed by atoms with Gasteiger partial charge in [0.05, 0.1) is 18.9 Å². The van der Waals surface area contributed by atoms with E-state index in [0.29, 0.717) is 31.4 Å². The minimum absolute atomic E-state index is 0.0790. The summed E-state index contributed by atoms with van der Waals surface area (Å²) in [5, 5.41) is 20.8. The molecular weight excluding hydrogens is 680 g/mol. The van der Waals surface area contributed by atoms with Gasteiger partial charge in [-0.15, -0.1) is 0 Å². The molecule has 1 saturated carbocycles. The van der Waals surface area contributed by atoms with E-state index >= 15 is 0 Å². The lowest BCUT2D eigenvalue weighted by Gasteiger charge is -2.33. The number of hydrogen-bond donors (Lipinski definition) is 5. The van der Waals surface area contributed by atoms with Crippen LogP contribution in [-0.4, -0.2) is 89.9 Å². The van der Waals surface area contributed by atoms with E-state index in [2.05, 4.69) is 21.3 Å². The molecule has 1 aliphatic carbocycles. The van der Waals surface area contributed by atoms with Crippen LogP contribution in [0.25, 0.3) is 0 Å². The Morgan fingerprint density at radius 1 is 0.962 bits per heavy atom. The topological polar surface area (TPSA) is 183 Å². The Hall–Kier alpha value is -5.08. The van der Waals surface area contributed by atoms with Crippen LogP contribution in [0, 0.1) is 11.6 Å². The van der Waals surface area contributed by atoms with Gasteiger partial charge in [-0.1, -0.05) is 31.0 Å². The highest BCUT2D eigenvalue weighted by molar-refractivity contribution is 5.96. The average Bonchev–Trinajstić information content (AvgIpc) is 3.79. The number of amides is 5. The minimum Gasteiger partial charge on any atom is -0.497 e. The molecule has 3 fully saturated rings. The highest BCUT2D eigenvalue weighted by Crippen LogP contribution is 2.42. The lowest BCUT2D eigenvalue weighted by atomic mass is 9.77. The van der Waals surface area contributed by atoms with Gasteiger partial charge in [-0.05, 0) is 80.3 Å². The second-order valence-electron chi connectivity index (χ2n) is 13.8. The highest BCUT2D eigenvalue weighted by Gasteiger charge is 2.47. The molecule has 4 atom stereocenters. The van der Waals surface area contributed by atoms with E-state index in [-0.39, 0.29) is 62.6 Å². The van der Waals surface area contributed by atoms with Crippen molar-refractivity contribution in [3.8, 4) is 5.75 Å². The van der Waals surface area contributed by atoms with E-state index in [1.165, 1.54) is 11.0 Å². The molecule has 15 heteroatoms. The quantitative estimate of drug-likeness (QED) is 0.275. The number of carbonyl (C=O) groups is 6. The van der Waals surface area contributed by atoms with Crippen LogP contribution in [0.4, 0.5) is 8.78 Å². The van der Waals surface area contributed by atoms with Crippen LogP contribution in [-0.2, 0) is 40.6 Å². The Bertz CT molecular complexity index is 1670. The number of nitrogens with zero attached hydrogens (tertiary/aromatic N) is 1. The number of carboxylic acids is 1. The van der Waals surface area contributed by atoms with Gasteiger partial charge in [-0.2, -0.15) is 0 Å². The summed E-state index contributed by atoms with van der Waals surface area (Å²) >= 11 is 0. The number of carboxylic acid groups (broad SMARTS) is 1. The van der Waals surface area contributed by atoms with Crippen molar-refractivity contribution >= 4 is 35.5 Å². The third-order valence-corrected chi connectivity index (χ3v) is 10.3. The first kappa shape index (κ1) is 38.2. The van der Waals surface area contributed by atoms with Gasteiger partial charge in [0.15, 0.2) is 11.6 Å². The molecular formula is C37H45F2N5O8. The molecule has 13 nitrogen and oxygen atoms in total. The van der Waals surface area contributed by atoms with Crippen LogP contribution in [0.3, 0.4) is 0 Å². The van der Waals surface area contributed by atoms with Crippen LogP contribution in [0.1, 0.15) is 75.3 Å². The summed E-state index contributed by atoms with van der Waals surface area (Å²) in [6.07, 6.45) is 3.13. The zero-order valence-electron chi connectivity index (χ0n) is 29.1. The van der Waals surface area contributed by atoms with Crippen molar-refractivity contribution in [3.63, 3.8) is 0 Å². The van der Waals surface area contributed by atoms with Crippen LogP contribution < -0.4 is 26.0 Å². The molecule has 2 saturated heterocycles. The minimum atomic E-state index is -1.43. The maximum absolute atomic E-state index is 14.5. The second kappa shape index (κ2) is 17.0. The van der Waals surface area contributed by atoms with E-state index in [1.807, 2.05) is 12.1 Å². The number of halogens is 2. The number of hydrogen-bond acceptors (Lipinski definition) is 7. The Morgan fingerprint density at radius 2 is 1.69 bits per heavy atom. The molecule has 0 bridgehead atoms. The molecule has 52 heavy (non-hydrogen) atoms. The molecule has 5 amide bonds. The number of carbonyl (C=O) groups excluding carboxylic acids is 5. The van der Waals surface area contributed by atoms with Crippen molar-refractivity contribution in [2.45, 2.75) is 100 Å². The third kappa shape index (κ3) is 9.04. The fraction of sp³-hybridized carbons (Fsp3) is 0.514. The lowest BCUT2D eigenvalue weighted by Crippen LogP contribution is -2.57. The summed E-state index contributed by atoms with van der Waals surface area (Å²) in [5.74, 6) is -5.52. The van der Waals surface area contributed by atoms with Gasteiger partial charge < -0.3 is 36.0 Å². The molecule has 0 spiro atoms. The molecule has 2 aliphatic heterocycles. The van der Waals surface area contributed by atoms with Crippen LogP contribution in [0.2, 0.25) is 0 Å². The molecule has 5 N–H and O–H groups in total. The lowest BCUT2D eigenvalue weighted by molar-refractivity contribution is -0.145. The van der Waals surface area contributed by atoms with Crippen molar-refractivity contribution < 1.29 is 47.4 Å². The zero-order chi connectivity index (χ0) is 37.4. The molecule has 2 heterocycles. The van der Waals surface area contributed by atoms with E-state index in [1.54, 1.807) is 19.2 Å². The Balaban J connectivity index is 1.41. The number of benzene rings is 2. The SMILES string of the molecule is COc1ccc(C2(C(=O)N[C@H]3CCCCNC(=O)CC[C@@H](C(=O)O)NC(=O)[C@@H]4C[C@@H](NC(=O)Cc5ccc(F)c(F)c5)CN4C3=O)CCCC2)cc1. The molecule has 2 aromatic rings. The zero-order valence-corrected chi connectivity index (χ0v) is 29.1. The van der Waals surface area contributed by atoms with Crippen LogP contribution in [0.15, 0.2) is 42.5 Å². The van der Waals surface area contributed by atoms with Crippen molar-refractivity contribution in [2.24, 2.45) is 0 Å². The van der Waals surface area contributed by atoms with Gasteiger partial charge in [-0.25, -0.2) is 13.6 Å². The van der Waals surface area contributed by atoms with Crippen LogP contribution in [0.5, 0.6) is 5.75 Å². The smallest absolute Gasteiger partial charge is 0.326 e. The number of ether oxygens (including phenoxy) is 1. The molecule has 280 valence electrons. The summed E-state index contributed by atoms with van der Waals surface area (Å²) in [5.41, 5.74) is 0.106. The van der Waals surface area contributed by atoms with E-state index in [4.69, 9.17) is 4.74 Å². The predicted molar refractivity (Wildman–Crippen MR) is 183 cm³/mol. The fourth-order valence-corrected chi connectivity index (χ4v) is 7.43. The molecule has 5 rings (SSSR count). The highest BCUT2D eigenvalue weighted by atomic mass is 19.2. The largest absolute Gasteiger partial charge is 0.497 e. The predicted octanol–water partition coefficient (Wildman–Crippen LogP) is 2.25. The maximum Gasteiger partial charge on any atom is 0.326 e. The average molecular weight is 726 g/mol. The van der Waals surface area contributed by atoms with Gasteiger partial charge in [0, 0.05) is 25.6 Å². The summed E-state index contributed by atoms with van der Waals surface area (Å²) in [7, 11) is 1.55. The standard InChI is InChI=1S/C37H45F2N5O8/c1-52-25-10-8-23(9-11-25)37(15-3-4-16-37)36(51)43-28-6-2-5-17-40-31(45)14-13-29(35(49)50)42-33(47)30-20-24(21-44(30)34(28)48)41-32(46)19-22-7-12-26(38)27(39)18-22/h7-12,18,24,28-30H,2-6,13-17,19-21H2,1H3,(H,40,45)(H,41,46)(H,42,47)(H,43,51)(H,49,50)/t24-,28+,29+,30+/m1/s1. The normalized spacial score (nSPS) is 24.1. The maximum atomic E-state index is 14.5. The fourth-order valence-electron chi connectivity index (χ4n) is 7.43. The molecule has 0 aromatic heterocycles. The summed E-state index contributed by atoms with van der Waals surface area (Å²) < 4.78 is 32.5. The van der Waals surface area contributed by atoms with Crippen LogP contribution >= 0.6 is 0 Å². The second-order valence-corrected chi connectivity index (χ2v) is 13.8. The summed E-state index contributed by atoms with van der Waals surface area (Å²) in [6, 6.07) is 5.87. The van der Waals surface area contributed by atoms with E-state index in [0.717, 1.165) is 30.5 Å². The van der Waals surface area contributed by atoms with E-state index < -0.39 is 64.9 Å². The van der Waals surface area contributed by atoms with Gasteiger partial charge >= 0.3 is 5.97 Å². The molecule has 0 unspecified atom stereocenters. The molecule has 3 aliphatic rings. The number of methoxy groups -OCH3 is 1. The van der Waals surface area contributed by atoms with Crippen molar-refractivity contribution in [3.05, 3.63) is 65.2 Å². The number of rotatable bonds is 8. The first-order valence-corrected chi connectivity index (χ1v) is 17.7. The molecule has 0 radical (unpaired) electrons. The molecule has 2 aromatic carbocycles. The first-order chi connectivity index (χ1) is 24.9. The van der Waals surface area contributed by atoms with Crippen molar-refractivity contribution in [1.29, 1.82) is 0 Å². The van der Waals surface area contributed by atoms with Gasteiger partial charge in [0.2, 0.25) is 29.5 Å². The van der Waals surface area contributed by atoms with E-state index in [9.17, 15) is 42.7 Å². The third-order valence-electron chi connectivity index (χ3n) is 10.3. The number of fused-ring (bicyclic) bond motifs is 1. The summed E-state index contributed by atoms with van der Waals surface area (Å²) in [4.78, 5) is 81.3. The van der Waals surface area contributed by atoms with Gasteiger partial charge in [0.25, 0.3) is 0 Å². The van der Waals surface area contributed by atoms with Gasteiger partial charge in [-0.3, -0.25) is 24.0 Å². The number of aliphatic carboxylic acids is 1. The monoisotopic (exact) mass is 725 g/mol. The number of nitrogens with one attached hydrogen (secondary N) is 4. The van der Waals surface area contributed by atoms with Gasteiger partial charge in [0.1, 0.15) is 23.9 Å². The Kier molecular flexibility index (Phi) is 12.4. The van der Waals surface area contributed by atoms with Crippen molar-refractivity contribution in [1.82, 2.24) is 26.2 Å².